The first-order valence-corrected chi connectivity index (χ1v) is 11.1. The number of benzene rings is 2. The van der Waals surface area contributed by atoms with Gasteiger partial charge < -0.3 is 4.43 Å². The van der Waals surface area contributed by atoms with Crippen molar-refractivity contribution in [3.05, 3.63) is 60.7 Å². The first kappa shape index (κ1) is 18.9. The molecule has 0 fully saturated rings. The molecule has 2 heteroatoms. The molecular weight excluding hydrogens is 308 g/mol. The van der Waals surface area contributed by atoms with Crippen LogP contribution in [0.2, 0.25) is 5.04 Å². The molecule has 0 saturated carbocycles. The van der Waals surface area contributed by atoms with Crippen LogP contribution in [0.4, 0.5) is 0 Å². The molecule has 0 unspecified atom stereocenters. The molecule has 0 aromatic heterocycles. The Morgan fingerprint density at radius 2 is 1.33 bits per heavy atom. The summed E-state index contributed by atoms with van der Waals surface area (Å²) in [5.74, 6) is 0. The van der Waals surface area contributed by atoms with E-state index in [1.165, 1.54) is 23.2 Å². The number of hydrogen-bond donors (Lipinski definition) is 0. The van der Waals surface area contributed by atoms with E-state index in [4.69, 9.17) is 4.43 Å². The Balaban J connectivity index is 2.57. The lowest BCUT2D eigenvalue weighted by Gasteiger charge is -2.44. The van der Waals surface area contributed by atoms with Gasteiger partial charge in [-0.3, -0.25) is 0 Å². The zero-order chi connectivity index (χ0) is 17.6. The highest BCUT2D eigenvalue weighted by atomic mass is 28.4. The first-order valence-electron chi connectivity index (χ1n) is 9.20. The van der Waals surface area contributed by atoms with Gasteiger partial charge in [0.25, 0.3) is 8.32 Å². The second-order valence-corrected chi connectivity index (χ2v) is 12.0. The fourth-order valence-corrected chi connectivity index (χ4v) is 8.28. The minimum Gasteiger partial charge on any atom is -0.405 e. The fourth-order valence-electron chi connectivity index (χ4n) is 3.54. The van der Waals surface area contributed by atoms with Gasteiger partial charge in [0.1, 0.15) is 0 Å². The SMILES string of the molecule is CCCC[C@@H](C)O[Si](c1ccccc1)(c1ccccc1)C(C)(C)C. The Labute approximate surface area is 149 Å². The third-order valence-electron chi connectivity index (χ3n) is 4.76. The predicted molar refractivity (Wildman–Crippen MR) is 108 cm³/mol. The van der Waals surface area contributed by atoms with Crippen molar-refractivity contribution < 1.29 is 4.43 Å². The highest BCUT2D eigenvalue weighted by molar-refractivity contribution is 6.99. The monoisotopic (exact) mass is 340 g/mol. The molecule has 2 rings (SSSR count). The van der Waals surface area contributed by atoms with Crippen molar-refractivity contribution in [1.82, 2.24) is 0 Å². The van der Waals surface area contributed by atoms with Crippen LogP contribution in [0.5, 0.6) is 0 Å². The molecule has 0 N–H and O–H groups in total. The van der Waals surface area contributed by atoms with Crippen LogP contribution in [0.3, 0.4) is 0 Å². The highest BCUT2D eigenvalue weighted by Crippen LogP contribution is 2.37. The molecule has 2 aromatic carbocycles. The van der Waals surface area contributed by atoms with Crippen LogP contribution >= 0.6 is 0 Å². The Bertz CT molecular complexity index is 561. The predicted octanol–water partition coefficient (Wildman–Crippen LogP) is 5.14. The molecular formula is C22H32OSi. The fraction of sp³-hybridized carbons (Fsp3) is 0.455. The zero-order valence-electron chi connectivity index (χ0n) is 15.9. The van der Waals surface area contributed by atoms with Gasteiger partial charge in [0, 0.05) is 6.10 Å². The van der Waals surface area contributed by atoms with Gasteiger partial charge >= 0.3 is 0 Å². The average molecular weight is 341 g/mol. The van der Waals surface area contributed by atoms with Crippen LogP contribution in [0.25, 0.3) is 0 Å². The van der Waals surface area contributed by atoms with Crippen LogP contribution in [-0.2, 0) is 4.43 Å². The second-order valence-electron chi connectivity index (χ2n) is 7.73. The van der Waals surface area contributed by atoms with Crippen molar-refractivity contribution in [2.75, 3.05) is 0 Å². The molecule has 0 heterocycles. The molecule has 1 atom stereocenters. The van der Waals surface area contributed by atoms with Gasteiger partial charge in [-0.25, -0.2) is 0 Å². The lowest BCUT2D eigenvalue weighted by Crippen LogP contribution is -2.67. The normalized spacial score (nSPS) is 13.7. The molecule has 24 heavy (non-hydrogen) atoms. The quantitative estimate of drug-likeness (QED) is 0.634. The smallest absolute Gasteiger partial charge is 0.261 e. The van der Waals surface area contributed by atoms with Crippen molar-refractivity contribution in [1.29, 1.82) is 0 Å². The molecule has 130 valence electrons. The van der Waals surface area contributed by atoms with Crippen LogP contribution in [-0.4, -0.2) is 14.4 Å². The van der Waals surface area contributed by atoms with Crippen LogP contribution in [0, 0.1) is 0 Å². The van der Waals surface area contributed by atoms with Crippen molar-refractivity contribution >= 4 is 18.7 Å². The van der Waals surface area contributed by atoms with Gasteiger partial charge in [0.05, 0.1) is 0 Å². The summed E-state index contributed by atoms with van der Waals surface area (Å²) in [5, 5.41) is 2.80. The van der Waals surface area contributed by atoms with Gasteiger partial charge in [0.15, 0.2) is 0 Å². The maximum atomic E-state index is 7.02. The van der Waals surface area contributed by atoms with E-state index in [1.807, 2.05) is 0 Å². The van der Waals surface area contributed by atoms with E-state index in [9.17, 15) is 0 Å². The van der Waals surface area contributed by atoms with E-state index in [0.29, 0.717) is 0 Å². The van der Waals surface area contributed by atoms with Gasteiger partial charge in [0.2, 0.25) is 0 Å². The third-order valence-corrected chi connectivity index (χ3v) is 9.92. The van der Waals surface area contributed by atoms with Crippen LogP contribution in [0.15, 0.2) is 60.7 Å². The number of unbranched alkanes of at least 4 members (excludes halogenated alkanes) is 1. The molecule has 0 amide bonds. The summed E-state index contributed by atoms with van der Waals surface area (Å²) >= 11 is 0. The van der Waals surface area contributed by atoms with E-state index < -0.39 is 8.32 Å². The molecule has 0 bridgehead atoms. The summed E-state index contributed by atoms with van der Waals surface area (Å²) in [6.07, 6.45) is 3.84. The number of hydrogen-bond acceptors (Lipinski definition) is 1. The van der Waals surface area contributed by atoms with E-state index in [2.05, 4.69) is 95.3 Å². The lowest BCUT2D eigenvalue weighted by molar-refractivity contribution is 0.193. The lowest BCUT2D eigenvalue weighted by atomic mass is 10.2. The Morgan fingerprint density at radius 3 is 1.71 bits per heavy atom. The zero-order valence-corrected chi connectivity index (χ0v) is 16.9. The van der Waals surface area contributed by atoms with Crippen LogP contribution < -0.4 is 10.4 Å². The van der Waals surface area contributed by atoms with Gasteiger partial charge in [-0.1, -0.05) is 101 Å². The molecule has 2 aromatic rings. The highest BCUT2D eigenvalue weighted by Gasteiger charge is 2.50. The molecule has 0 radical (unpaired) electrons. The summed E-state index contributed by atoms with van der Waals surface area (Å²) in [4.78, 5) is 0. The maximum Gasteiger partial charge on any atom is 0.261 e. The van der Waals surface area contributed by atoms with Crippen molar-refractivity contribution in [2.45, 2.75) is 65.0 Å². The van der Waals surface area contributed by atoms with E-state index in [1.54, 1.807) is 0 Å². The van der Waals surface area contributed by atoms with Crippen molar-refractivity contribution in [3.63, 3.8) is 0 Å². The largest absolute Gasteiger partial charge is 0.405 e. The standard InChI is InChI=1S/C22H32OSi/c1-6-7-14-19(2)23-24(22(3,4)5,20-15-10-8-11-16-20)21-17-12-9-13-18-21/h8-13,15-19H,6-7,14H2,1-5H3/t19-/m1/s1. The Morgan fingerprint density at radius 1 is 0.875 bits per heavy atom. The van der Waals surface area contributed by atoms with Crippen molar-refractivity contribution in [3.8, 4) is 0 Å². The summed E-state index contributed by atoms with van der Waals surface area (Å²) in [7, 11) is -2.36. The number of rotatable bonds is 7. The minimum atomic E-state index is -2.36. The van der Waals surface area contributed by atoms with Crippen LogP contribution in [0.1, 0.15) is 53.9 Å². The first-order chi connectivity index (χ1) is 11.4. The minimum absolute atomic E-state index is 0.0657. The van der Waals surface area contributed by atoms with Gasteiger partial charge in [-0.15, -0.1) is 0 Å². The summed E-state index contributed by atoms with van der Waals surface area (Å²) < 4.78 is 7.02. The molecule has 0 spiro atoms. The Hall–Kier alpha value is -1.38. The maximum absolute atomic E-state index is 7.02. The molecule has 0 aliphatic rings. The third kappa shape index (κ3) is 3.99. The van der Waals surface area contributed by atoms with Crippen molar-refractivity contribution in [2.24, 2.45) is 0 Å². The van der Waals surface area contributed by atoms with Gasteiger partial charge in [-0.2, -0.15) is 0 Å². The van der Waals surface area contributed by atoms with E-state index >= 15 is 0 Å². The average Bonchev–Trinajstić information content (AvgIpc) is 2.58. The molecule has 0 saturated heterocycles. The molecule has 0 aliphatic carbocycles. The molecule has 1 nitrogen and oxygen atoms in total. The van der Waals surface area contributed by atoms with Gasteiger partial charge in [-0.05, 0) is 28.8 Å². The van der Waals surface area contributed by atoms with E-state index in [-0.39, 0.29) is 11.1 Å². The summed E-state index contributed by atoms with van der Waals surface area (Å²) in [5.41, 5.74) is 0. The molecule has 0 aliphatic heterocycles. The second kappa shape index (κ2) is 8.13. The topological polar surface area (TPSA) is 9.23 Å². The summed E-state index contributed by atoms with van der Waals surface area (Å²) in [6.45, 7) is 11.5. The summed E-state index contributed by atoms with van der Waals surface area (Å²) in [6, 6.07) is 21.8. The Kier molecular flexibility index (Phi) is 6.42. The van der Waals surface area contributed by atoms with E-state index in [0.717, 1.165) is 6.42 Å².